The Bertz CT molecular complexity index is 761. The van der Waals surface area contributed by atoms with Gasteiger partial charge in [-0.1, -0.05) is 0 Å². The molecule has 2 heterocycles. The number of hydrogen-bond acceptors (Lipinski definition) is 6. The van der Waals surface area contributed by atoms with Crippen LogP contribution in [0.15, 0.2) is 42.6 Å². The molecule has 0 fully saturated rings. The van der Waals surface area contributed by atoms with Gasteiger partial charge in [-0.3, -0.25) is 0 Å². The van der Waals surface area contributed by atoms with Crippen LogP contribution in [-0.4, -0.2) is 34.6 Å². The van der Waals surface area contributed by atoms with Crippen molar-refractivity contribution in [3.63, 3.8) is 0 Å². The van der Waals surface area contributed by atoms with Crippen molar-refractivity contribution in [1.82, 2.24) is 20.4 Å². The minimum Gasteiger partial charge on any atom is -0.493 e. The van der Waals surface area contributed by atoms with Gasteiger partial charge in [0, 0.05) is 11.1 Å². The van der Waals surface area contributed by atoms with Crippen LogP contribution in [0.5, 0.6) is 11.5 Å². The number of hydrogen-bond donors (Lipinski definition) is 0. The summed E-state index contributed by atoms with van der Waals surface area (Å²) in [7, 11) is 3.20. The first kappa shape index (κ1) is 13.9. The first-order valence-corrected chi connectivity index (χ1v) is 6.57. The number of benzene rings is 1. The van der Waals surface area contributed by atoms with Gasteiger partial charge in [-0.15, -0.1) is 15.3 Å². The van der Waals surface area contributed by atoms with Crippen molar-refractivity contribution in [1.29, 1.82) is 0 Å². The lowest BCUT2D eigenvalue weighted by atomic mass is 10.1. The highest BCUT2D eigenvalue weighted by Gasteiger charge is 2.08. The summed E-state index contributed by atoms with van der Waals surface area (Å²) in [5.41, 5.74) is 3.08. The van der Waals surface area contributed by atoms with Crippen molar-refractivity contribution in [2.24, 2.45) is 0 Å². The van der Waals surface area contributed by atoms with Crippen LogP contribution in [0.25, 0.3) is 22.5 Å². The Morgan fingerprint density at radius 1 is 0.864 bits per heavy atom. The molecule has 0 aliphatic heterocycles. The first-order valence-electron chi connectivity index (χ1n) is 6.57. The molecule has 0 amide bonds. The minimum atomic E-state index is 0.651. The van der Waals surface area contributed by atoms with Gasteiger partial charge in [0.15, 0.2) is 11.5 Å². The molecule has 2 aromatic heterocycles. The normalized spacial score (nSPS) is 10.3. The molecule has 0 aliphatic carbocycles. The number of nitrogens with zero attached hydrogens (tertiary/aromatic N) is 4. The van der Waals surface area contributed by atoms with Crippen molar-refractivity contribution >= 4 is 0 Å². The maximum atomic E-state index is 5.30. The van der Waals surface area contributed by atoms with Gasteiger partial charge in [0.05, 0.1) is 31.8 Å². The third-order valence-corrected chi connectivity index (χ3v) is 3.16. The molecule has 6 heteroatoms. The predicted molar refractivity (Wildman–Crippen MR) is 80.4 cm³/mol. The highest BCUT2D eigenvalue weighted by atomic mass is 16.5. The summed E-state index contributed by atoms with van der Waals surface area (Å²) in [6, 6.07) is 11.1. The largest absolute Gasteiger partial charge is 0.493 e. The van der Waals surface area contributed by atoms with Gasteiger partial charge in [-0.2, -0.15) is 5.10 Å². The average molecular weight is 293 g/mol. The fourth-order valence-electron chi connectivity index (χ4n) is 2.03. The molecule has 109 valence electrons. The lowest BCUT2D eigenvalue weighted by molar-refractivity contribution is 0.355. The Hall–Kier alpha value is -3.02. The van der Waals surface area contributed by atoms with Gasteiger partial charge in [0.1, 0.15) is 6.20 Å². The molecule has 0 bridgehead atoms. The van der Waals surface area contributed by atoms with Crippen molar-refractivity contribution in [3.8, 4) is 34.0 Å². The fraction of sp³-hybridized carbons (Fsp3) is 0.125. The molecule has 3 rings (SSSR count). The summed E-state index contributed by atoms with van der Waals surface area (Å²) in [5.74, 6) is 1.32. The van der Waals surface area contributed by atoms with Gasteiger partial charge in [-0.25, -0.2) is 0 Å². The lowest BCUT2D eigenvalue weighted by Gasteiger charge is -2.09. The van der Waals surface area contributed by atoms with Crippen molar-refractivity contribution in [2.75, 3.05) is 14.2 Å². The highest BCUT2D eigenvalue weighted by molar-refractivity contribution is 5.65. The smallest absolute Gasteiger partial charge is 0.161 e. The molecule has 1 aromatic carbocycles. The monoisotopic (exact) mass is 293 g/mol. The van der Waals surface area contributed by atoms with Crippen molar-refractivity contribution < 1.29 is 9.47 Å². The molecule has 6 nitrogen and oxygen atoms in total. The maximum absolute atomic E-state index is 5.30. The SMILES string of the molecule is COc1ccc(-c2ccc(-c3[c]nncc3)nn2)cc1OC. The van der Waals surface area contributed by atoms with Crippen LogP contribution in [0.3, 0.4) is 0 Å². The summed E-state index contributed by atoms with van der Waals surface area (Å²) in [4.78, 5) is 0. The van der Waals surface area contributed by atoms with Gasteiger partial charge < -0.3 is 9.47 Å². The van der Waals surface area contributed by atoms with Crippen molar-refractivity contribution in [3.05, 3.63) is 48.8 Å². The molecular formula is C16H13N4O2. The molecule has 0 spiro atoms. The average Bonchev–Trinajstić information content (AvgIpc) is 2.62. The highest BCUT2D eigenvalue weighted by Crippen LogP contribution is 2.31. The third kappa shape index (κ3) is 2.71. The Labute approximate surface area is 127 Å². The number of aromatic nitrogens is 4. The van der Waals surface area contributed by atoms with E-state index in [-0.39, 0.29) is 0 Å². The van der Waals surface area contributed by atoms with Crippen molar-refractivity contribution in [2.45, 2.75) is 0 Å². The van der Waals surface area contributed by atoms with Gasteiger partial charge >= 0.3 is 0 Å². The van der Waals surface area contributed by atoms with E-state index in [1.54, 1.807) is 26.5 Å². The Balaban J connectivity index is 1.93. The lowest BCUT2D eigenvalue weighted by Crippen LogP contribution is -1.94. The summed E-state index contributed by atoms with van der Waals surface area (Å²) in [6.07, 6.45) is 4.37. The zero-order valence-electron chi connectivity index (χ0n) is 12.1. The van der Waals surface area contributed by atoms with E-state index >= 15 is 0 Å². The van der Waals surface area contributed by atoms with E-state index in [2.05, 4.69) is 26.6 Å². The summed E-state index contributed by atoms with van der Waals surface area (Å²) in [6.45, 7) is 0. The Morgan fingerprint density at radius 3 is 2.27 bits per heavy atom. The van der Waals surface area contributed by atoms with Gasteiger partial charge in [-0.05, 0) is 36.4 Å². The zero-order valence-corrected chi connectivity index (χ0v) is 12.1. The minimum absolute atomic E-state index is 0.651. The Morgan fingerprint density at radius 2 is 1.64 bits per heavy atom. The fourth-order valence-corrected chi connectivity index (χ4v) is 2.03. The van der Waals surface area contributed by atoms with Gasteiger partial charge in [0.25, 0.3) is 0 Å². The third-order valence-electron chi connectivity index (χ3n) is 3.16. The van der Waals surface area contributed by atoms with E-state index in [0.717, 1.165) is 16.8 Å². The zero-order chi connectivity index (χ0) is 15.4. The van der Waals surface area contributed by atoms with E-state index in [1.165, 1.54) is 0 Å². The molecular weight excluding hydrogens is 280 g/mol. The predicted octanol–water partition coefficient (Wildman–Crippen LogP) is 2.42. The topological polar surface area (TPSA) is 70.0 Å². The second-order valence-corrected chi connectivity index (χ2v) is 4.43. The van der Waals surface area contributed by atoms with Gasteiger partial charge in [0.2, 0.25) is 0 Å². The first-order chi connectivity index (χ1) is 10.8. The summed E-state index contributed by atoms with van der Waals surface area (Å²) < 4.78 is 10.5. The molecule has 0 saturated heterocycles. The molecule has 0 N–H and O–H groups in total. The van der Waals surface area contributed by atoms with E-state index < -0.39 is 0 Å². The molecule has 0 unspecified atom stereocenters. The molecule has 3 aromatic rings. The maximum Gasteiger partial charge on any atom is 0.161 e. The molecule has 0 atom stereocenters. The van der Waals surface area contributed by atoms with E-state index in [0.29, 0.717) is 17.2 Å². The summed E-state index contributed by atoms with van der Waals surface area (Å²) in [5, 5.41) is 15.8. The second-order valence-electron chi connectivity index (χ2n) is 4.43. The van der Waals surface area contributed by atoms with Crippen LogP contribution >= 0.6 is 0 Å². The number of ether oxygens (including phenoxy) is 2. The Kier molecular flexibility index (Phi) is 3.91. The molecule has 1 radical (unpaired) electrons. The van der Waals surface area contributed by atoms with Crippen LogP contribution in [0, 0.1) is 6.20 Å². The van der Waals surface area contributed by atoms with Crippen LogP contribution in [0.2, 0.25) is 0 Å². The summed E-state index contributed by atoms with van der Waals surface area (Å²) >= 11 is 0. The molecule has 0 saturated carbocycles. The van der Waals surface area contributed by atoms with Crippen LogP contribution in [0.4, 0.5) is 0 Å². The molecule has 22 heavy (non-hydrogen) atoms. The van der Waals surface area contributed by atoms with E-state index in [4.69, 9.17) is 9.47 Å². The number of rotatable bonds is 4. The molecule has 0 aliphatic rings. The quantitative estimate of drug-likeness (QED) is 0.735. The van der Waals surface area contributed by atoms with Crippen LogP contribution in [-0.2, 0) is 0 Å². The van der Waals surface area contributed by atoms with E-state index in [9.17, 15) is 0 Å². The van der Waals surface area contributed by atoms with Crippen LogP contribution < -0.4 is 9.47 Å². The van der Waals surface area contributed by atoms with E-state index in [1.807, 2.05) is 30.3 Å². The number of methoxy groups -OCH3 is 2. The second kappa shape index (κ2) is 6.17. The standard InChI is InChI=1S/C16H13N4O2/c1-21-15-6-3-11(9-16(15)22-2)13-4-5-14(20-19-13)12-7-8-17-18-10-12/h3-9H,1-2H3. The van der Waals surface area contributed by atoms with Crippen LogP contribution in [0.1, 0.15) is 0 Å².